The van der Waals surface area contributed by atoms with Crippen LogP contribution in [0.4, 0.5) is 14.5 Å². The quantitative estimate of drug-likeness (QED) is 0.528. The normalized spacial score (nSPS) is 10.5. The summed E-state index contributed by atoms with van der Waals surface area (Å²) in [5.41, 5.74) is 6.05. The fraction of sp³-hybridized carbons (Fsp3) is 0.222. The minimum Gasteiger partial charge on any atom is -0.434 e. The molecule has 0 aromatic heterocycles. The van der Waals surface area contributed by atoms with E-state index in [0.29, 0.717) is 3.57 Å². The molecule has 3 nitrogen and oxygen atoms in total. The predicted octanol–water partition coefficient (Wildman–Crippen LogP) is 2.68. The predicted molar refractivity (Wildman–Crippen MR) is 60.2 cm³/mol. The van der Waals surface area contributed by atoms with Gasteiger partial charge < -0.3 is 10.5 Å². The van der Waals surface area contributed by atoms with Crippen molar-refractivity contribution in [1.82, 2.24) is 0 Å². The lowest BCUT2D eigenvalue weighted by atomic mass is 10.1. The Morgan fingerprint density at radius 1 is 1.53 bits per heavy atom. The number of anilines is 1. The molecule has 0 aliphatic carbocycles. The highest BCUT2D eigenvalue weighted by molar-refractivity contribution is 14.1. The molecule has 6 heteroatoms. The average Bonchev–Trinajstić information content (AvgIpc) is 2.11. The summed E-state index contributed by atoms with van der Waals surface area (Å²) in [5, 5.41) is 0. The van der Waals surface area contributed by atoms with Gasteiger partial charge in [-0.15, -0.1) is 0 Å². The molecule has 0 heterocycles. The standard InChI is InChI=1S/C9H8F2INO2/c1-4(14)5-2-6(13)8(12)7(3-5)15-9(10)11/h2-3,9H,13H2,1H3. The summed E-state index contributed by atoms with van der Waals surface area (Å²) < 4.78 is 28.6. The summed E-state index contributed by atoms with van der Waals surface area (Å²) in [5.74, 6) is -0.326. The molecule has 15 heavy (non-hydrogen) atoms. The number of rotatable bonds is 3. The van der Waals surface area contributed by atoms with Crippen LogP contribution in [0.5, 0.6) is 5.75 Å². The molecule has 1 aromatic rings. The van der Waals surface area contributed by atoms with E-state index in [1.54, 1.807) is 22.6 Å². The van der Waals surface area contributed by atoms with E-state index in [4.69, 9.17) is 5.73 Å². The zero-order valence-electron chi connectivity index (χ0n) is 7.76. The van der Waals surface area contributed by atoms with Gasteiger partial charge in [-0.25, -0.2) is 0 Å². The van der Waals surface area contributed by atoms with Gasteiger partial charge in [-0.1, -0.05) is 0 Å². The summed E-state index contributed by atoms with van der Waals surface area (Å²) >= 11 is 1.78. The van der Waals surface area contributed by atoms with Gasteiger partial charge in [0.25, 0.3) is 0 Å². The Morgan fingerprint density at radius 3 is 2.60 bits per heavy atom. The first-order valence-corrected chi connectivity index (χ1v) is 5.04. The van der Waals surface area contributed by atoms with Crippen molar-refractivity contribution in [2.75, 3.05) is 5.73 Å². The van der Waals surface area contributed by atoms with Crippen LogP contribution in [-0.4, -0.2) is 12.4 Å². The number of alkyl halides is 2. The molecule has 1 rings (SSSR count). The van der Waals surface area contributed by atoms with Crippen LogP contribution in [0.25, 0.3) is 0 Å². The summed E-state index contributed by atoms with van der Waals surface area (Å²) in [4.78, 5) is 11.0. The molecule has 0 atom stereocenters. The molecular weight excluding hydrogens is 319 g/mol. The number of ether oxygens (including phenoxy) is 1. The van der Waals surface area contributed by atoms with Crippen LogP contribution >= 0.6 is 22.6 Å². The fourth-order valence-electron chi connectivity index (χ4n) is 1.00. The second kappa shape index (κ2) is 4.73. The van der Waals surface area contributed by atoms with Gasteiger partial charge in [-0.3, -0.25) is 4.79 Å². The Hall–Kier alpha value is -0.920. The maximum absolute atomic E-state index is 12.0. The number of carbonyl (C=O) groups is 1. The molecule has 0 amide bonds. The highest BCUT2D eigenvalue weighted by atomic mass is 127. The number of Topliss-reactive ketones (excluding diaryl/α,β-unsaturated/α-hetero) is 1. The lowest BCUT2D eigenvalue weighted by Gasteiger charge is -2.10. The third-order valence-corrected chi connectivity index (χ3v) is 2.84. The van der Waals surface area contributed by atoms with Crippen LogP contribution in [0.15, 0.2) is 12.1 Å². The summed E-state index contributed by atoms with van der Waals surface area (Å²) in [6, 6.07) is 2.69. The fourth-order valence-corrected chi connectivity index (χ4v) is 1.44. The maximum atomic E-state index is 12.0. The van der Waals surface area contributed by atoms with Crippen LogP contribution in [-0.2, 0) is 0 Å². The second-order valence-electron chi connectivity index (χ2n) is 2.81. The van der Waals surface area contributed by atoms with Gasteiger partial charge in [-0.05, 0) is 41.6 Å². The van der Waals surface area contributed by atoms with Crippen molar-refractivity contribution in [3.8, 4) is 5.75 Å². The van der Waals surface area contributed by atoms with Gasteiger partial charge in [0.2, 0.25) is 0 Å². The number of nitrogens with two attached hydrogens (primary N) is 1. The molecule has 0 saturated heterocycles. The minimum absolute atomic E-state index is 0.0733. The highest BCUT2D eigenvalue weighted by Crippen LogP contribution is 2.29. The van der Waals surface area contributed by atoms with Crippen molar-refractivity contribution in [1.29, 1.82) is 0 Å². The average molecular weight is 327 g/mol. The van der Waals surface area contributed by atoms with E-state index in [0.717, 1.165) is 0 Å². The van der Waals surface area contributed by atoms with Crippen molar-refractivity contribution in [3.05, 3.63) is 21.3 Å². The molecule has 82 valence electrons. The van der Waals surface area contributed by atoms with Gasteiger partial charge >= 0.3 is 6.61 Å². The van der Waals surface area contributed by atoms with Gasteiger partial charge in [0, 0.05) is 11.3 Å². The first-order chi connectivity index (χ1) is 6.91. The smallest absolute Gasteiger partial charge is 0.387 e. The first-order valence-electron chi connectivity index (χ1n) is 3.96. The SMILES string of the molecule is CC(=O)c1cc(N)c(I)c(OC(F)F)c1. The Morgan fingerprint density at radius 2 is 2.13 bits per heavy atom. The maximum Gasteiger partial charge on any atom is 0.387 e. The molecule has 0 saturated carbocycles. The topological polar surface area (TPSA) is 52.3 Å². The van der Waals surface area contributed by atoms with Crippen molar-refractivity contribution in [2.45, 2.75) is 13.5 Å². The molecule has 2 N–H and O–H groups in total. The molecule has 0 aliphatic rings. The molecule has 0 fully saturated rings. The van der Waals surface area contributed by atoms with Crippen molar-refractivity contribution < 1.29 is 18.3 Å². The van der Waals surface area contributed by atoms with E-state index in [1.807, 2.05) is 0 Å². The molecule has 0 unspecified atom stereocenters. The van der Waals surface area contributed by atoms with Crippen LogP contribution in [0.2, 0.25) is 0 Å². The number of ketones is 1. The number of hydrogen-bond acceptors (Lipinski definition) is 3. The van der Waals surface area contributed by atoms with E-state index in [-0.39, 0.29) is 22.8 Å². The van der Waals surface area contributed by atoms with E-state index >= 15 is 0 Å². The van der Waals surface area contributed by atoms with Crippen LogP contribution in [0.1, 0.15) is 17.3 Å². The third-order valence-electron chi connectivity index (χ3n) is 1.69. The van der Waals surface area contributed by atoms with Crippen LogP contribution < -0.4 is 10.5 Å². The Balaban J connectivity index is 3.19. The summed E-state index contributed by atoms with van der Waals surface area (Å²) in [6.07, 6.45) is 0. The Labute approximate surface area is 98.7 Å². The molecule has 1 aromatic carbocycles. The second-order valence-corrected chi connectivity index (χ2v) is 3.89. The molecule has 0 spiro atoms. The monoisotopic (exact) mass is 327 g/mol. The van der Waals surface area contributed by atoms with Crippen molar-refractivity contribution in [2.24, 2.45) is 0 Å². The van der Waals surface area contributed by atoms with Gasteiger partial charge in [-0.2, -0.15) is 8.78 Å². The van der Waals surface area contributed by atoms with Gasteiger partial charge in [0.05, 0.1) is 3.57 Å². The Bertz CT molecular complexity index is 396. The summed E-state index contributed by atoms with van der Waals surface area (Å²) in [6.45, 7) is -1.60. The lowest BCUT2D eigenvalue weighted by Crippen LogP contribution is -2.06. The van der Waals surface area contributed by atoms with E-state index < -0.39 is 6.61 Å². The molecule has 0 aliphatic heterocycles. The lowest BCUT2D eigenvalue weighted by molar-refractivity contribution is -0.0504. The number of benzene rings is 1. The number of carbonyl (C=O) groups excluding carboxylic acids is 1. The molecule has 0 radical (unpaired) electrons. The first kappa shape index (κ1) is 12.2. The van der Waals surface area contributed by atoms with Crippen molar-refractivity contribution in [3.63, 3.8) is 0 Å². The molecule has 0 bridgehead atoms. The van der Waals surface area contributed by atoms with Crippen LogP contribution in [0.3, 0.4) is 0 Å². The van der Waals surface area contributed by atoms with Gasteiger partial charge in [0.15, 0.2) is 5.78 Å². The third kappa shape index (κ3) is 3.01. The van der Waals surface area contributed by atoms with Crippen LogP contribution in [0, 0.1) is 3.57 Å². The largest absolute Gasteiger partial charge is 0.434 e. The zero-order valence-corrected chi connectivity index (χ0v) is 9.92. The summed E-state index contributed by atoms with van der Waals surface area (Å²) in [7, 11) is 0. The molecular formula is C9H8F2INO2. The van der Waals surface area contributed by atoms with E-state index in [9.17, 15) is 13.6 Å². The van der Waals surface area contributed by atoms with E-state index in [2.05, 4.69) is 4.74 Å². The van der Waals surface area contributed by atoms with E-state index in [1.165, 1.54) is 19.1 Å². The number of nitrogen functional groups attached to an aromatic ring is 1. The zero-order chi connectivity index (χ0) is 11.6. The Kier molecular flexibility index (Phi) is 3.83. The number of halogens is 3. The number of hydrogen-bond donors (Lipinski definition) is 1. The highest BCUT2D eigenvalue weighted by Gasteiger charge is 2.13. The van der Waals surface area contributed by atoms with Gasteiger partial charge in [0.1, 0.15) is 5.75 Å². The van der Waals surface area contributed by atoms with Crippen molar-refractivity contribution >= 4 is 34.1 Å². The minimum atomic E-state index is -2.93.